The van der Waals surface area contributed by atoms with Crippen LogP contribution in [0.25, 0.3) is 10.2 Å². The van der Waals surface area contributed by atoms with Crippen LogP contribution in [0.2, 0.25) is 5.02 Å². The van der Waals surface area contributed by atoms with Gasteiger partial charge in [-0.1, -0.05) is 23.7 Å². The van der Waals surface area contributed by atoms with Gasteiger partial charge >= 0.3 is 12.0 Å². The number of hydrogen-bond donors (Lipinski definition) is 2. The lowest BCUT2D eigenvalue weighted by Crippen LogP contribution is -2.34. The van der Waals surface area contributed by atoms with Crippen LogP contribution in [0.15, 0.2) is 48.8 Å². The van der Waals surface area contributed by atoms with Crippen molar-refractivity contribution < 1.29 is 23.8 Å². The van der Waals surface area contributed by atoms with Crippen LogP contribution in [0.5, 0.6) is 5.75 Å². The van der Waals surface area contributed by atoms with E-state index < -0.39 is 12.0 Å². The molecule has 0 unspecified atom stereocenters. The Morgan fingerprint density at radius 2 is 2.09 bits per heavy atom. The van der Waals surface area contributed by atoms with Gasteiger partial charge in [0.25, 0.3) is 0 Å². The monoisotopic (exact) mass is 470 g/mol. The van der Waals surface area contributed by atoms with E-state index in [1.165, 1.54) is 29.4 Å². The van der Waals surface area contributed by atoms with Gasteiger partial charge in [-0.3, -0.25) is 0 Å². The number of aromatic nitrogens is 2. The maximum atomic E-state index is 13.3. The number of urea groups is 1. The lowest BCUT2D eigenvalue weighted by atomic mass is 10.2. The summed E-state index contributed by atoms with van der Waals surface area (Å²) in [7, 11) is 0. The molecule has 4 aromatic rings. The standard InChI is InChI=1S/C21H12ClFN4O4S/c22-13-7-12(4-5-14(13)31-8-10-2-1-3-11(23)6-10)27-18-15-16(26-21(27)30)17(20(28)29)32-19(15)25-9-24-18/h1-7,9H,8H2,(H,26,30)(H,28,29). The molecular weight excluding hydrogens is 459 g/mol. The molecule has 0 saturated heterocycles. The number of carboxylic acid groups (broad SMARTS) is 1. The molecule has 32 heavy (non-hydrogen) atoms. The van der Waals surface area contributed by atoms with Crippen molar-refractivity contribution in [2.75, 3.05) is 10.2 Å². The molecule has 0 spiro atoms. The van der Waals surface area contributed by atoms with Crippen LogP contribution in [-0.2, 0) is 6.61 Å². The number of nitrogens with zero attached hydrogens (tertiary/aromatic N) is 3. The highest BCUT2D eigenvalue weighted by molar-refractivity contribution is 7.21. The number of ether oxygens (including phenoxy) is 1. The maximum absolute atomic E-state index is 13.3. The van der Waals surface area contributed by atoms with Gasteiger partial charge in [0.1, 0.15) is 34.2 Å². The van der Waals surface area contributed by atoms with E-state index in [4.69, 9.17) is 16.3 Å². The molecule has 1 aliphatic rings. The van der Waals surface area contributed by atoms with Crippen LogP contribution in [0.1, 0.15) is 15.2 Å². The number of rotatable bonds is 5. The van der Waals surface area contributed by atoms with Crippen LogP contribution in [0.4, 0.5) is 26.4 Å². The molecule has 2 aromatic carbocycles. The second kappa shape index (κ2) is 7.74. The summed E-state index contributed by atoms with van der Waals surface area (Å²) in [6, 6.07) is 10.2. The predicted molar refractivity (Wildman–Crippen MR) is 118 cm³/mol. The number of benzene rings is 2. The van der Waals surface area contributed by atoms with Gasteiger partial charge in [-0.25, -0.2) is 28.8 Å². The SMILES string of the molecule is O=C(O)c1sc2ncnc3c2c1NC(=O)N3c1ccc(OCc2cccc(F)c2)c(Cl)c1. The van der Waals surface area contributed by atoms with Crippen LogP contribution in [0, 0.1) is 5.82 Å². The quantitative estimate of drug-likeness (QED) is 0.402. The molecule has 0 atom stereocenters. The van der Waals surface area contributed by atoms with Gasteiger partial charge in [0, 0.05) is 0 Å². The molecule has 3 heterocycles. The smallest absolute Gasteiger partial charge is 0.348 e. The summed E-state index contributed by atoms with van der Waals surface area (Å²) < 4.78 is 19.0. The Labute approximate surface area is 188 Å². The number of thiophene rings is 1. The lowest BCUT2D eigenvalue weighted by Gasteiger charge is -2.27. The van der Waals surface area contributed by atoms with E-state index >= 15 is 0 Å². The second-order valence-electron chi connectivity index (χ2n) is 6.79. The van der Waals surface area contributed by atoms with Crippen LogP contribution < -0.4 is 15.0 Å². The number of halogens is 2. The van der Waals surface area contributed by atoms with E-state index in [1.54, 1.807) is 24.3 Å². The first-order valence-corrected chi connectivity index (χ1v) is 10.4. The highest BCUT2D eigenvalue weighted by Crippen LogP contribution is 2.45. The highest BCUT2D eigenvalue weighted by Gasteiger charge is 2.34. The largest absolute Gasteiger partial charge is 0.487 e. The first-order chi connectivity index (χ1) is 15.4. The molecule has 11 heteroatoms. The Balaban J connectivity index is 1.49. The average molecular weight is 471 g/mol. The lowest BCUT2D eigenvalue weighted by molar-refractivity contribution is 0.0703. The van der Waals surface area contributed by atoms with Crippen molar-refractivity contribution in [1.29, 1.82) is 0 Å². The first-order valence-electron chi connectivity index (χ1n) is 9.21. The van der Waals surface area contributed by atoms with E-state index in [0.29, 0.717) is 27.2 Å². The fourth-order valence-electron chi connectivity index (χ4n) is 3.39. The van der Waals surface area contributed by atoms with Gasteiger partial charge < -0.3 is 15.2 Å². The number of carbonyl (C=O) groups is 2. The van der Waals surface area contributed by atoms with Gasteiger partial charge in [0.2, 0.25) is 0 Å². The van der Waals surface area contributed by atoms with Crippen molar-refractivity contribution in [3.05, 3.63) is 70.1 Å². The minimum absolute atomic E-state index is 0.0196. The maximum Gasteiger partial charge on any atom is 0.348 e. The van der Waals surface area contributed by atoms with E-state index in [0.717, 1.165) is 11.3 Å². The fourth-order valence-corrected chi connectivity index (χ4v) is 4.55. The van der Waals surface area contributed by atoms with E-state index in [-0.39, 0.29) is 33.8 Å². The molecule has 0 aliphatic carbocycles. The van der Waals surface area contributed by atoms with Crippen LogP contribution in [-0.4, -0.2) is 27.1 Å². The Morgan fingerprint density at radius 1 is 1.25 bits per heavy atom. The van der Waals surface area contributed by atoms with Gasteiger partial charge in [-0.2, -0.15) is 0 Å². The molecule has 160 valence electrons. The number of carbonyl (C=O) groups excluding carboxylic acids is 1. The number of amides is 2. The molecule has 2 amide bonds. The number of nitrogens with one attached hydrogen (secondary N) is 1. The van der Waals surface area contributed by atoms with Crippen molar-refractivity contribution in [3.63, 3.8) is 0 Å². The number of carboxylic acids is 1. The second-order valence-corrected chi connectivity index (χ2v) is 8.19. The summed E-state index contributed by atoms with van der Waals surface area (Å²) in [5.41, 5.74) is 1.22. The molecule has 2 aromatic heterocycles. The molecule has 5 rings (SSSR count). The van der Waals surface area contributed by atoms with Crippen molar-refractivity contribution in [2.24, 2.45) is 0 Å². The van der Waals surface area contributed by atoms with Crippen molar-refractivity contribution in [2.45, 2.75) is 6.61 Å². The molecule has 8 nitrogen and oxygen atoms in total. The molecular formula is C21H12ClFN4O4S. The minimum Gasteiger partial charge on any atom is -0.487 e. The van der Waals surface area contributed by atoms with Crippen molar-refractivity contribution in [3.8, 4) is 5.75 Å². The average Bonchev–Trinajstić information content (AvgIpc) is 3.13. The van der Waals surface area contributed by atoms with E-state index in [9.17, 15) is 19.1 Å². The summed E-state index contributed by atoms with van der Waals surface area (Å²) in [6.45, 7) is 0.115. The summed E-state index contributed by atoms with van der Waals surface area (Å²) in [5, 5.41) is 12.7. The normalized spacial score (nSPS) is 12.7. The van der Waals surface area contributed by atoms with Gasteiger partial charge in [-0.05, 0) is 35.9 Å². The van der Waals surface area contributed by atoms with E-state index in [2.05, 4.69) is 15.3 Å². The molecule has 2 N–H and O–H groups in total. The fraction of sp³-hybridized carbons (Fsp3) is 0.0476. The minimum atomic E-state index is -1.16. The Bertz CT molecular complexity index is 1410. The Morgan fingerprint density at radius 3 is 2.84 bits per heavy atom. The van der Waals surface area contributed by atoms with Gasteiger partial charge in [0.15, 0.2) is 5.82 Å². The van der Waals surface area contributed by atoms with Crippen LogP contribution >= 0.6 is 22.9 Å². The van der Waals surface area contributed by atoms with Crippen LogP contribution in [0.3, 0.4) is 0 Å². The molecule has 0 saturated carbocycles. The zero-order valence-electron chi connectivity index (χ0n) is 16.0. The third-order valence-corrected chi connectivity index (χ3v) is 6.15. The molecule has 0 bridgehead atoms. The number of aromatic carboxylic acids is 1. The zero-order valence-corrected chi connectivity index (χ0v) is 17.6. The van der Waals surface area contributed by atoms with E-state index in [1.807, 2.05) is 0 Å². The summed E-state index contributed by atoms with van der Waals surface area (Å²) >= 11 is 7.33. The third kappa shape index (κ3) is 3.39. The molecule has 0 fully saturated rings. The van der Waals surface area contributed by atoms with Crippen molar-refractivity contribution in [1.82, 2.24) is 9.97 Å². The Kier molecular flexibility index (Phi) is 4.87. The Hall–Kier alpha value is -3.76. The summed E-state index contributed by atoms with van der Waals surface area (Å²) in [4.78, 5) is 34.5. The highest BCUT2D eigenvalue weighted by atomic mass is 35.5. The number of anilines is 3. The molecule has 0 radical (unpaired) electrons. The number of hydrogen-bond acceptors (Lipinski definition) is 6. The summed E-state index contributed by atoms with van der Waals surface area (Å²) in [6.07, 6.45) is 1.27. The van der Waals surface area contributed by atoms with Gasteiger partial charge in [0.05, 0.1) is 21.8 Å². The first kappa shape index (κ1) is 20.2. The van der Waals surface area contributed by atoms with Crippen molar-refractivity contribution >= 4 is 62.3 Å². The third-order valence-electron chi connectivity index (χ3n) is 4.77. The zero-order chi connectivity index (χ0) is 22.4. The molecule has 1 aliphatic heterocycles. The topological polar surface area (TPSA) is 105 Å². The summed E-state index contributed by atoms with van der Waals surface area (Å²) in [5.74, 6) is -0.916. The predicted octanol–water partition coefficient (Wildman–Crippen LogP) is 5.44. The van der Waals surface area contributed by atoms with Gasteiger partial charge in [-0.15, -0.1) is 11.3 Å².